The van der Waals surface area contributed by atoms with Crippen molar-refractivity contribution in [1.82, 2.24) is 5.06 Å². The molecular formula is C20H23NO7S. The number of aliphatic hydroxyl groups is 2. The zero-order valence-corrected chi connectivity index (χ0v) is 16.8. The van der Waals surface area contributed by atoms with Crippen LogP contribution in [0.1, 0.15) is 18.1 Å². The van der Waals surface area contributed by atoms with Gasteiger partial charge in [0.15, 0.2) is 0 Å². The molecule has 1 aliphatic heterocycles. The normalized spacial score (nSPS) is 24.9. The number of amides is 1. The summed E-state index contributed by atoms with van der Waals surface area (Å²) in [5.41, 5.74) is -0.274. The molecule has 156 valence electrons. The Morgan fingerprint density at radius 2 is 1.69 bits per heavy atom. The lowest BCUT2D eigenvalue weighted by Crippen LogP contribution is -2.62. The Morgan fingerprint density at radius 1 is 1.07 bits per heavy atom. The van der Waals surface area contributed by atoms with E-state index in [1.807, 2.05) is 6.07 Å². The van der Waals surface area contributed by atoms with Gasteiger partial charge in [-0.25, -0.2) is 18.0 Å². The number of hydrogen-bond donors (Lipinski definition) is 2. The number of aryl methyl sites for hydroxylation is 1. The average Bonchev–Trinajstić information content (AvgIpc) is 2.71. The van der Waals surface area contributed by atoms with Crippen molar-refractivity contribution in [3.8, 4) is 0 Å². The summed E-state index contributed by atoms with van der Waals surface area (Å²) in [6, 6.07) is 13.9. The van der Waals surface area contributed by atoms with Crippen LogP contribution in [0.25, 0.3) is 0 Å². The minimum atomic E-state index is -4.20. The largest absolute Gasteiger partial charge is 0.443 e. The Morgan fingerprint density at radius 3 is 2.31 bits per heavy atom. The van der Waals surface area contributed by atoms with Gasteiger partial charge in [-0.2, -0.15) is 5.06 Å². The fraction of sp³-hybridized carbons (Fsp3) is 0.350. The standard InChI is InChI=1S/C20H23NO7S/c1-13-8-10-16(11-9-13)29(25,26)19-18(23)17(22)14(2)21(28-19)20(24)27-12-15-6-4-3-5-7-15/h3-11,14,17-19,22-23H,12H2,1-2H3/t14-,17-,18-,19+/m0/s1. The molecule has 9 heteroatoms. The minimum absolute atomic E-state index is 0.0553. The molecule has 0 bridgehead atoms. The molecule has 1 fully saturated rings. The van der Waals surface area contributed by atoms with Gasteiger partial charge in [-0.3, -0.25) is 0 Å². The van der Waals surface area contributed by atoms with Crippen LogP contribution in [0, 0.1) is 6.92 Å². The Bertz CT molecular complexity index is 947. The Labute approximate surface area is 169 Å². The van der Waals surface area contributed by atoms with Crippen molar-refractivity contribution in [2.24, 2.45) is 0 Å². The second-order valence-electron chi connectivity index (χ2n) is 6.92. The van der Waals surface area contributed by atoms with Gasteiger partial charge in [0.25, 0.3) is 0 Å². The first-order chi connectivity index (χ1) is 13.7. The van der Waals surface area contributed by atoms with Crippen molar-refractivity contribution in [2.45, 2.75) is 49.0 Å². The molecule has 4 atom stereocenters. The molecule has 2 aromatic rings. The maximum absolute atomic E-state index is 12.9. The molecule has 2 N–H and O–H groups in total. The van der Waals surface area contributed by atoms with Gasteiger partial charge in [0.2, 0.25) is 15.3 Å². The van der Waals surface area contributed by atoms with E-state index >= 15 is 0 Å². The number of aliphatic hydroxyl groups excluding tert-OH is 2. The fourth-order valence-corrected chi connectivity index (χ4v) is 4.47. The fourth-order valence-electron chi connectivity index (χ4n) is 2.95. The lowest BCUT2D eigenvalue weighted by molar-refractivity contribution is -0.260. The number of rotatable bonds is 4. The summed E-state index contributed by atoms with van der Waals surface area (Å²) in [4.78, 5) is 17.7. The van der Waals surface area contributed by atoms with Crippen LogP contribution in [0.3, 0.4) is 0 Å². The second-order valence-corrected chi connectivity index (χ2v) is 8.95. The molecule has 1 amide bonds. The van der Waals surface area contributed by atoms with E-state index in [2.05, 4.69) is 0 Å². The first kappa shape index (κ1) is 21.3. The smallest absolute Gasteiger partial charge is 0.434 e. The summed E-state index contributed by atoms with van der Waals surface area (Å²) in [7, 11) is -4.20. The quantitative estimate of drug-likeness (QED) is 0.774. The zero-order chi connectivity index (χ0) is 21.2. The van der Waals surface area contributed by atoms with Crippen molar-refractivity contribution >= 4 is 15.9 Å². The van der Waals surface area contributed by atoms with E-state index in [0.717, 1.165) is 11.1 Å². The molecular weight excluding hydrogens is 398 g/mol. The van der Waals surface area contributed by atoms with E-state index in [-0.39, 0.29) is 11.5 Å². The molecule has 29 heavy (non-hydrogen) atoms. The number of hydroxylamine groups is 2. The summed E-state index contributed by atoms with van der Waals surface area (Å²) >= 11 is 0. The molecule has 0 spiro atoms. The summed E-state index contributed by atoms with van der Waals surface area (Å²) in [5, 5.41) is 21.3. The molecule has 1 saturated heterocycles. The molecule has 0 aromatic heterocycles. The predicted molar refractivity (Wildman–Crippen MR) is 103 cm³/mol. The minimum Gasteiger partial charge on any atom is -0.443 e. The first-order valence-electron chi connectivity index (χ1n) is 9.05. The number of ether oxygens (including phenoxy) is 1. The number of hydrogen-bond acceptors (Lipinski definition) is 7. The topological polar surface area (TPSA) is 113 Å². The predicted octanol–water partition coefficient (Wildman–Crippen LogP) is 1.79. The molecule has 2 aromatic carbocycles. The molecule has 0 unspecified atom stereocenters. The third-order valence-electron chi connectivity index (χ3n) is 4.75. The van der Waals surface area contributed by atoms with Gasteiger partial charge in [0, 0.05) is 0 Å². The highest BCUT2D eigenvalue weighted by Gasteiger charge is 2.50. The summed E-state index contributed by atoms with van der Waals surface area (Å²) in [5.74, 6) is 0. The van der Waals surface area contributed by atoms with Crippen LogP contribution in [0.5, 0.6) is 0 Å². The van der Waals surface area contributed by atoms with Gasteiger partial charge in [0.1, 0.15) is 18.8 Å². The van der Waals surface area contributed by atoms with E-state index in [9.17, 15) is 23.4 Å². The third kappa shape index (κ3) is 4.43. The van der Waals surface area contributed by atoms with Crippen LogP contribution in [-0.2, 0) is 26.0 Å². The van der Waals surface area contributed by atoms with Gasteiger partial charge in [-0.05, 0) is 31.5 Å². The zero-order valence-electron chi connectivity index (χ0n) is 16.0. The molecule has 0 radical (unpaired) electrons. The maximum atomic E-state index is 12.9. The SMILES string of the molecule is Cc1ccc(S(=O)(=O)[C@H]2ON(C(=O)OCc3ccccc3)[C@@H](C)[C@H](O)[C@@H]2O)cc1. The summed E-state index contributed by atoms with van der Waals surface area (Å²) < 4.78 is 31.0. The molecule has 0 aliphatic carbocycles. The first-order valence-corrected chi connectivity index (χ1v) is 10.6. The van der Waals surface area contributed by atoms with Crippen molar-refractivity contribution in [3.05, 3.63) is 65.7 Å². The average molecular weight is 421 g/mol. The van der Waals surface area contributed by atoms with Crippen LogP contribution in [0.15, 0.2) is 59.5 Å². The molecule has 0 saturated carbocycles. The molecule has 1 aliphatic rings. The van der Waals surface area contributed by atoms with Gasteiger partial charge in [-0.15, -0.1) is 0 Å². The van der Waals surface area contributed by atoms with E-state index in [1.165, 1.54) is 19.1 Å². The van der Waals surface area contributed by atoms with Gasteiger partial charge in [0.05, 0.1) is 10.9 Å². The third-order valence-corrected chi connectivity index (χ3v) is 6.66. The van der Waals surface area contributed by atoms with Gasteiger partial charge in [-0.1, -0.05) is 48.0 Å². The van der Waals surface area contributed by atoms with E-state index in [4.69, 9.17) is 9.57 Å². The van der Waals surface area contributed by atoms with Crippen LogP contribution in [0.2, 0.25) is 0 Å². The Kier molecular flexibility index (Phi) is 6.23. The summed E-state index contributed by atoms with van der Waals surface area (Å²) in [6.45, 7) is 3.17. The second kappa shape index (κ2) is 8.50. The van der Waals surface area contributed by atoms with Crippen LogP contribution < -0.4 is 0 Å². The van der Waals surface area contributed by atoms with Crippen LogP contribution in [0.4, 0.5) is 4.79 Å². The van der Waals surface area contributed by atoms with E-state index in [0.29, 0.717) is 5.06 Å². The number of nitrogens with zero attached hydrogens (tertiary/aromatic N) is 1. The number of sulfone groups is 1. The molecule has 3 rings (SSSR count). The Balaban J connectivity index is 1.80. The maximum Gasteiger partial charge on any atom is 0.434 e. The number of carbonyl (C=O) groups is 1. The van der Waals surface area contributed by atoms with Gasteiger partial charge < -0.3 is 14.9 Å². The molecule has 1 heterocycles. The van der Waals surface area contributed by atoms with E-state index < -0.39 is 39.6 Å². The summed E-state index contributed by atoms with van der Waals surface area (Å²) in [6.07, 6.45) is -4.25. The van der Waals surface area contributed by atoms with Crippen molar-refractivity contribution < 1.29 is 33.0 Å². The van der Waals surface area contributed by atoms with Gasteiger partial charge >= 0.3 is 6.09 Å². The lowest BCUT2D eigenvalue weighted by Gasteiger charge is -2.41. The van der Waals surface area contributed by atoms with Crippen molar-refractivity contribution in [3.63, 3.8) is 0 Å². The highest BCUT2D eigenvalue weighted by Crippen LogP contribution is 2.29. The number of benzene rings is 2. The monoisotopic (exact) mass is 421 g/mol. The number of carbonyl (C=O) groups excluding carboxylic acids is 1. The highest BCUT2D eigenvalue weighted by molar-refractivity contribution is 7.92. The Hall–Kier alpha value is -2.46. The highest BCUT2D eigenvalue weighted by atomic mass is 32.2. The lowest BCUT2D eigenvalue weighted by atomic mass is 10.1. The van der Waals surface area contributed by atoms with Crippen molar-refractivity contribution in [1.29, 1.82) is 0 Å². The van der Waals surface area contributed by atoms with Crippen LogP contribution >= 0.6 is 0 Å². The van der Waals surface area contributed by atoms with E-state index in [1.54, 1.807) is 43.3 Å². The molecule has 8 nitrogen and oxygen atoms in total. The van der Waals surface area contributed by atoms with Crippen LogP contribution in [-0.4, -0.2) is 53.5 Å². The van der Waals surface area contributed by atoms with Crippen molar-refractivity contribution in [2.75, 3.05) is 0 Å².